The molecule has 1 aromatic rings. The molecule has 1 aromatic heterocycles. The van der Waals surface area contributed by atoms with Crippen LogP contribution in [0.5, 0.6) is 0 Å². The maximum Gasteiger partial charge on any atom is 0.318 e. The van der Waals surface area contributed by atoms with Crippen molar-refractivity contribution in [3.8, 4) is 0 Å². The second kappa shape index (κ2) is 5.14. The van der Waals surface area contributed by atoms with Crippen LogP contribution in [0.15, 0.2) is 24.4 Å². The van der Waals surface area contributed by atoms with Crippen LogP contribution in [0.2, 0.25) is 0 Å². The van der Waals surface area contributed by atoms with Crippen LogP contribution in [0.3, 0.4) is 0 Å². The molecule has 0 aromatic carbocycles. The number of nitrogens with two attached hydrogens (primary N) is 1. The predicted molar refractivity (Wildman–Crippen MR) is 65.3 cm³/mol. The molecule has 2 atom stereocenters. The molecule has 92 valence electrons. The molecule has 0 radical (unpaired) electrons. The largest absolute Gasteiger partial charge is 0.330 e. The number of nitrogens with zero attached hydrogens (tertiary/aromatic N) is 2. The van der Waals surface area contributed by atoms with Crippen LogP contribution < -0.4 is 11.1 Å². The summed E-state index contributed by atoms with van der Waals surface area (Å²) in [6.45, 7) is 3.28. The lowest BCUT2D eigenvalue weighted by molar-refractivity contribution is 0.199. The molecule has 17 heavy (non-hydrogen) atoms. The molecule has 0 spiro atoms. The Balaban J connectivity index is 2.05. The number of carbonyl (C=O) groups is 1. The molecule has 2 amide bonds. The zero-order valence-electron chi connectivity index (χ0n) is 9.97. The molecule has 2 rings (SSSR count). The van der Waals surface area contributed by atoms with E-state index in [0.717, 1.165) is 12.1 Å². The molecule has 3 N–H and O–H groups in total. The summed E-state index contributed by atoms with van der Waals surface area (Å²) in [5.74, 6) is 0. The summed E-state index contributed by atoms with van der Waals surface area (Å²) in [6.07, 6.45) is 2.57. The van der Waals surface area contributed by atoms with Gasteiger partial charge in [-0.25, -0.2) is 4.79 Å². The highest BCUT2D eigenvalue weighted by molar-refractivity contribution is 5.77. The average Bonchev–Trinajstić information content (AvgIpc) is 2.73. The molecule has 5 nitrogen and oxygen atoms in total. The first-order chi connectivity index (χ1) is 8.22. The van der Waals surface area contributed by atoms with Gasteiger partial charge in [0.15, 0.2) is 0 Å². The van der Waals surface area contributed by atoms with Gasteiger partial charge in [-0.2, -0.15) is 0 Å². The van der Waals surface area contributed by atoms with E-state index in [1.54, 1.807) is 6.20 Å². The Kier molecular flexibility index (Phi) is 3.58. The minimum atomic E-state index is -0.0263. The van der Waals surface area contributed by atoms with Crippen LogP contribution in [0, 0.1) is 0 Å². The van der Waals surface area contributed by atoms with Gasteiger partial charge in [0.2, 0.25) is 0 Å². The monoisotopic (exact) mass is 234 g/mol. The smallest absolute Gasteiger partial charge is 0.318 e. The third-order valence-electron chi connectivity index (χ3n) is 3.10. The van der Waals surface area contributed by atoms with Crippen molar-refractivity contribution in [2.45, 2.75) is 25.4 Å². The molecule has 0 saturated carbocycles. The highest BCUT2D eigenvalue weighted by atomic mass is 16.2. The van der Waals surface area contributed by atoms with E-state index in [0.29, 0.717) is 13.1 Å². The second-order valence-corrected chi connectivity index (χ2v) is 4.34. The van der Waals surface area contributed by atoms with E-state index in [2.05, 4.69) is 10.3 Å². The van der Waals surface area contributed by atoms with Crippen molar-refractivity contribution in [2.24, 2.45) is 5.73 Å². The highest BCUT2D eigenvalue weighted by Crippen LogP contribution is 2.20. The van der Waals surface area contributed by atoms with Gasteiger partial charge in [-0.05, 0) is 32.0 Å². The summed E-state index contributed by atoms with van der Waals surface area (Å²) in [5, 5.41) is 2.94. The quantitative estimate of drug-likeness (QED) is 0.812. The fourth-order valence-electron chi connectivity index (χ4n) is 2.08. The van der Waals surface area contributed by atoms with Gasteiger partial charge < -0.3 is 16.0 Å². The van der Waals surface area contributed by atoms with E-state index in [4.69, 9.17) is 5.73 Å². The van der Waals surface area contributed by atoms with Crippen molar-refractivity contribution in [1.82, 2.24) is 15.2 Å². The Hall–Kier alpha value is -1.62. The molecule has 1 fully saturated rings. The molecule has 0 aliphatic carbocycles. The molecular weight excluding hydrogens is 216 g/mol. The molecule has 1 aliphatic heterocycles. The number of aromatic nitrogens is 1. The fraction of sp³-hybridized carbons (Fsp3) is 0.500. The highest BCUT2D eigenvalue weighted by Gasteiger charge is 2.32. The van der Waals surface area contributed by atoms with Gasteiger partial charge in [-0.3, -0.25) is 4.98 Å². The van der Waals surface area contributed by atoms with Crippen molar-refractivity contribution in [3.63, 3.8) is 0 Å². The van der Waals surface area contributed by atoms with Gasteiger partial charge in [0.25, 0.3) is 0 Å². The van der Waals surface area contributed by atoms with Crippen LogP contribution in [0.1, 0.15) is 25.1 Å². The number of carbonyl (C=O) groups excluding carboxylic acids is 1. The third-order valence-corrected chi connectivity index (χ3v) is 3.10. The summed E-state index contributed by atoms with van der Waals surface area (Å²) in [7, 11) is 0. The number of hydrogen-bond donors (Lipinski definition) is 2. The van der Waals surface area contributed by atoms with E-state index in [9.17, 15) is 4.79 Å². The molecular formula is C12H18N4O. The van der Waals surface area contributed by atoms with Crippen LogP contribution in [0.4, 0.5) is 4.79 Å². The van der Waals surface area contributed by atoms with Gasteiger partial charge in [0.1, 0.15) is 0 Å². The van der Waals surface area contributed by atoms with Crippen LogP contribution in [0.25, 0.3) is 0 Å². The van der Waals surface area contributed by atoms with E-state index in [-0.39, 0.29) is 18.1 Å². The first kappa shape index (κ1) is 11.9. The van der Waals surface area contributed by atoms with E-state index in [1.165, 1.54) is 0 Å². The van der Waals surface area contributed by atoms with Crippen molar-refractivity contribution >= 4 is 6.03 Å². The maximum atomic E-state index is 11.8. The van der Waals surface area contributed by atoms with Gasteiger partial charge >= 0.3 is 6.03 Å². The number of urea groups is 1. The minimum Gasteiger partial charge on any atom is -0.330 e. The van der Waals surface area contributed by atoms with E-state index >= 15 is 0 Å². The summed E-state index contributed by atoms with van der Waals surface area (Å²) < 4.78 is 0. The lowest BCUT2D eigenvalue weighted by Crippen LogP contribution is -2.37. The zero-order valence-corrected chi connectivity index (χ0v) is 9.97. The molecule has 1 aliphatic rings. The molecule has 1 saturated heterocycles. The fourth-order valence-corrected chi connectivity index (χ4v) is 2.08. The van der Waals surface area contributed by atoms with Gasteiger partial charge in [0, 0.05) is 18.8 Å². The number of pyridine rings is 1. The Bertz CT molecular complexity index is 381. The predicted octanol–water partition coefficient (Wildman–Crippen LogP) is 0.885. The first-order valence-corrected chi connectivity index (χ1v) is 5.90. The Morgan fingerprint density at radius 1 is 1.65 bits per heavy atom. The first-order valence-electron chi connectivity index (χ1n) is 5.90. The summed E-state index contributed by atoms with van der Waals surface area (Å²) in [4.78, 5) is 17.9. The Labute approximate surface area is 101 Å². The van der Waals surface area contributed by atoms with Crippen LogP contribution >= 0.6 is 0 Å². The van der Waals surface area contributed by atoms with Gasteiger partial charge in [-0.1, -0.05) is 6.07 Å². The van der Waals surface area contributed by atoms with Crippen molar-refractivity contribution < 1.29 is 4.79 Å². The molecule has 2 unspecified atom stereocenters. The third kappa shape index (κ3) is 2.55. The maximum absolute atomic E-state index is 11.8. The number of hydrogen-bond acceptors (Lipinski definition) is 3. The SMILES string of the molecule is CC(CCN)N1CC(c2ccccn2)NC1=O. The average molecular weight is 234 g/mol. The standard InChI is InChI=1S/C12H18N4O/c1-9(5-6-13)16-8-11(15-12(16)17)10-4-2-3-7-14-10/h2-4,7,9,11H,5-6,8,13H2,1H3,(H,15,17). The molecule has 2 heterocycles. The van der Waals surface area contributed by atoms with Gasteiger partial charge in [0.05, 0.1) is 11.7 Å². The lowest BCUT2D eigenvalue weighted by Gasteiger charge is -2.22. The normalized spacial score (nSPS) is 21.4. The van der Waals surface area contributed by atoms with Crippen molar-refractivity contribution in [1.29, 1.82) is 0 Å². The Morgan fingerprint density at radius 3 is 3.12 bits per heavy atom. The van der Waals surface area contributed by atoms with Crippen LogP contribution in [-0.2, 0) is 0 Å². The zero-order chi connectivity index (χ0) is 12.3. The molecule has 5 heteroatoms. The summed E-state index contributed by atoms with van der Waals surface area (Å²) in [6, 6.07) is 5.87. The number of amides is 2. The number of nitrogens with one attached hydrogen (secondary N) is 1. The van der Waals surface area contributed by atoms with Gasteiger partial charge in [-0.15, -0.1) is 0 Å². The number of rotatable bonds is 4. The summed E-state index contributed by atoms with van der Waals surface area (Å²) >= 11 is 0. The topological polar surface area (TPSA) is 71.2 Å². The Morgan fingerprint density at radius 2 is 2.47 bits per heavy atom. The summed E-state index contributed by atoms with van der Waals surface area (Å²) in [5.41, 5.74) is 6.42. The van der Waals surface area contributed by atoms with E-state index < -0.39 is 0 Å². The lowest BCUT2D eigenvalue weighted by atomic mass is 10.1. The van der Waals surface area contributed by atoms with Crippen LogP contribution in [-0.4, -0.2) is 35.0 Å². The van der Waals surface area contributed by atoms with Crippen molar-refractivity contribution in [3.05, 3.63) is 30.1 Å². The molecule has 0 bridgehead atoms. The van der Waals surface area contributed by atoms with E-state index in [1.807, 2.05) is 30.0 Å². The minimum absolute atomic E-state index is 0.0103. The second-order valence-electron chi connectivity index (χ2n) is 4.34. The van der Waals surface area contributed by atoms with Crippen molar-refractivity contribution in [2.75, 3.05) is 13.1 Å².